The fraction of sp³-hybridized carbons (Fsp3) is 0.280. The zero-order valence-corrected chi connectivity index (χ0v) is 21.1. The SMILES string of the molecule is COc1cc(-n2ccc(N3CCOC(C(C)(O)C(=O)Nc4ccc5[nH]c(C)c(Cl)c5c4)C3=O)n2)ccn1. The number of H-pyrrole nitrogens is 1. The number of halogens is 1. The van der Waals surface area contributed by atoms with Crippen LogP contribution in [0.2, 0.25) is 5.02 Å². The van der Waals surface area contributed by atoms with Crippen LogP contribution in [0.4, 0.5) is 11.5 Å². The van der Waals surface area contributed by atoms with Gasteiger partial charge in [0.15, 0.2) is 17.5 Å². The number of methoxy groups -OCH3 is 1. The number of aryl methyl sites for hydroxylation is 1. The molecular weight excluding hydrogens is 500 g/mol. The number of carbonyl (C=O) groups is 2. The zero-order chi connectivity index (χ0) is 26.3. The summed E-state index contributed by atoms with van der Waals surface area (Å²) in [6.07, 6.45) is 1.84. The van der Waals surface area contributed by atoms with Crippen molar-refractivity contribution in [1.82, 2.24) is 19.7 Å². The number of nitrogens with zero attached hydrogens (tertiary/aromatic N) is 4. The predicted molar refractivity (Wildman–Crippen MR) is 137 cm³/mol. The molecule has 0 aliphatic carbocycles. The lowest BCUT2D eigenvalue weighted by Crippen LogP contribution is -2.61. The fourth-order valence-corrected chi connectivity index (χ4v) is 4.42. The highest BCUT2D eigenvalue weighted by Gasteiger charge is 2.48. The van der Waals surface area contributed by atoms with E-state index in [1.165, 1.54) is 18.9 Å². The number of morpholine rings is 1. The Bertz CT molecular complexity index is 1500. The van der Waals surface area contributed by atoms with Crippen molar-refractivity contribution >= 4 is 45.8 Å². The summed E-state index contributed by atoms with van der Waals surface area (Å²) in [6, 6.07) is 10.3. The van der Waals surface area contributed by atoms with Crippen LogP contribution in [0.15, 0.2) is 48.8 Å². The molecule has 5 rings (SSSR count). The first kappa shape index (κ1) is 24.8. The van der Waals surface area contributed by atoms with Crippen LogP contribution in [-0.2, 0) is 14.3 Å². The maximum Gasteiger partial charge on any atom is 0.260 e. The average molecular weight is 525 g/mol. The molecule has 0 saturated carbocycles. The van der Waals surface area contributed by atoms with E-state index in [9.17, 15) is 14.7 Å². The summed E-state index contributed by atoms with van der Waals surface area (Å²) in [4.78, 5) is 35.1. The molecule has 3 N–H and O–H groups in total. The van der Waals surface area contributed by atoms with Gasteiger partial charge >= 0.3 is 0 Å². The maximum atomic E-state index is 13.4. The van der Waals surface area contributed by atoms with Crippen LogP contribution in [-0.4, -0.2) is 68.6 Å². The number of anilines is 2. The first-order valence-electron chi connectivity index (χ1n) is 11.5. The lowest BCUT2D eigenvalue weighted by atomic mass is 9.95. The Balaban J connectivity index is 1.34. The Morgan fingerprint density at radius 2 is 2.14 bits per heavy atom. The third-order valence-electron chi connectivity index (χ3n) is 6.27. The highest BCUT2D eigenvalue weighted by Crippen LogP contribution is 2.30. The summed E-state index contributed by atoms with van der Waals surface area (Å²) in [7, 11) is 1.52. The number of benzene rings is 1. The number of ether oxygens (including phenoxy) is 2. The molecule has 11 nitrogen and oxygen atoms in total. The van der Waals surface area contributed by atoms with E-state index >= 15 is 0 Å². The number of amides is 2. The molecule has 0 radical (unpaired) electrons. The summed E-state index contributed by atoms with van der Waals surface area (Å²) in [6.45, 7) is 3.42. The summed E-state index contributed by atoms with van der Waals surface area (Å²) in [5.74, 6) is -0.589. The summed E-state index contributed by atoms with van der Waals surface area (Å²) >= 11 is 6.33. The van der Waals surface area contributed by atoms with Crippen molar-refractivity contribution in [1.29, 1.82) is 0 Å². The number of hydrogen-bond donors (Lipinski definition) is 3. The number of nitrogens with one attached hydrogen (secondary N) is 2. The van der Waals surface area contributed by atoms with Crippen LogP contribution in [0.1, 0.15) is 12.6 Å². The standard InChI is InChI=1S/C25H25ClN6O5/c1-14-21(26)17-12-15(4-5-18(17)28-14)29-24(34)25(2,35)22-23(33)31(10-11-37-22)19-7-9-32(30-19)16-6-8-27-20(13-16)36-3/h4-9,12-13,22,28,35H,10-11H2,1-3H3,(H,29,34). The van der Waals surface area contributed by atoms with Gasteiger partial charge in [-0.1, -0.05) is 11.6 Å². The van der Waals surface area contributed by atoms with Gasteiger partial charge in [-0.05, 0) is 38.1 Å². The normalized spacial score (nSPS) is 17.6. The minimum Gasteiger partial charge on any atom is -0.481 e. The first-order chi connectivity index (χ1) is 17.7. The minimum absolute atomic E-state index is 0.111. The second-order valence-corrected chi connectivity index (χ2v) is 9.22. The van der Waals surface area contributed by atoms with E-state index in [0.29, 0.717) is 28.1 Å². The molecule has 2 unspecified atom stereocenters. The van der Waals surface area contributed by atoms with Gasteiger partial charge in [-0.25, -0.2) is 9.67 Å². The molecule has 2 amide bonds. The molecule has 1 aromatic carbocycles. The van der Waals surface area contributed by atoms with Gasteiger partial charge in [0, 0.05) is 46.8 Å². The van der Waals surface area contributed by atoms with Crippen molar-refractivity contribution < 1.29 is 24.2 Å². The molecule has 37 heavy (non-hydrogen) atoms. The minimum atomic E-state index is -2.16. The van der Waals surface area contributed by atoms with Crippen molar-refractivity contribution in [3.63, 3.8) is 0 Å². The molecule has 4 heterocycles. The van der Waals surface area contributed by atoms with Gasteiger partial charge in [0.1, 0.15) is 0 Å². The largest absolute Gasteiger partial charge is 0.481 e. The molecule has 0 bridgehead atoms. The molecule has 2 atom stereocenters. The molecule has 1 aliphatic rings. The summed E-state index contributed by atoms with van der Waals surface area (Å²) in [5, 5.41) is 19.6. The van der Waals surface area contributed by atoms with Gasteiger partial charge in [-0.2, -0.15) is 0 Å². The summed E-state index contributed by atoms with van der Waals surface area (Å²) in [5.41, 5.74) is 0.572. The smallest absolute Gasteiger partial charge is 0.260 e. The van der Waals surface area contributed by atoms with Crippen LogP contribution in [0, 0.1) is 6.92 Å². The lowest BCUT2D eigenvalue weighted by molar-refractivity contribution is -0.165. The van der Waals surface area contributed by atoms with E-state index in [2.05, 4.69) is 20.4 Å². The predicted octanol–water partition coefficient (Wildman–Crippen LogP) is 2.84. The highest BCUT2D eigenvalue weighted by atomic mass is 35.5. The van der Waals surface area contributed by atoms with Crippen LogP contribution in [0.5, 0.6) is 5.88 Å². The van der Waals surface area contributed by atoms with E-state index in [1.54, 1.807) is 53.5 Å². The molecular formula is C25H25ClN6O5. The maximum absolute atomic E-state index is 13.4. The number of pyridine rings is 1. The number of aromatic amines is 1. The number of carbonyl (C=O) groups excluding carboxylic acids is 2. The average Bonchev–Trinajstić information content (AvgIpc) is 3.49. The van der Waals surface area contributed by atoms with Crippen molar-refractivity contribution in [3.05, 3.63) is 59.5 Å². The second-order valence-electron chi connectivity index (χ2n) is 8.84. The Kier molecular flexibility index (Phi) is 6.36. The number of aromatic nitrogens is 4. The number of rotatable bonds is 6. The van der Waals surface area contributed by atoms with Gasteiger partial charge in [0.25, 0.3) is 11.8 Å². The van der Waals surface area contributed by atoms with E-state index in [4.69, 9.17) is 21.1 Å². The van der Waals surface area contributed by atoms with Crippen LogP contribution >= 0.6 is 11.6 Å². The molecule has 0 spiro atoms. The Morgan fingerprint density at radius 3 is 2.92 bits per heavy atom. The molecule has 4 aromatic rings. The zero-order valence-electron chi connectivity index (χ0n) is 20.4. The van der Waals surface area contributed by atoms with Gasteiger partial charge in [0.05, 0.1) is 31.0 Å². The highest BCUT2D eigenvalue weighted by molar-refractivity contribution is 6.36. The Morgan fingerprint density at radius 1 is 1.32 bits per heavy atom. The molecule has 12 heteroatoms. The number of hydrogen-bond acceptors (Lipinski definition) is 7. The van der Waals surface area contributed by atoms with E-state index in [1.807, 2.05) is 6.92 Å². The molecule has 192 valence electrons. The Labute approximate surface area is 216 Å². The third kappa shape index (κ3) is 4.52. The van der Waals surface area contributed by atoms with Crippen molar-refractivity contribution in [2.45, 2.75) is 25.6 Å². The van der Waals surface area contributed by atoms with Crippen LogP contribution in [0.3, 0.4) is 0 Å². The Hall–Kier alpha value is -3.93. The van der Waals surface area contributed by atoms with Crippen LogP contribution in [0.25, 0.3) is 16.6 Å². The molecule has 3 aromatic heterocycles. The third-order valence-corrected chi connectivity index (χ3v) is 6.76. The second kappa shape index (κ2) is 9.51. The van der Waals surface area contributed by atoms with Gasteiger partial charge in [0.2, 0.25) is 5.88 Å². The topological polar surface area (TPSA) is 135 Å². The van der Waals surface area contributed by atoms with Gasteiger partial charge < -0.3 is 24.9 Å². The molecule has 1 aliphatic heterocycles. The van der Waals surface area contributed by atoms with Gasteiger partial charge in [-0.15, -0.1) is 5.10 Å². The monoisotopic (exact) mass is 524 g/mol. The van der Waals surface area contributed by atoms with E-state index in [-0.39, 0.29) is 13.2 Å². The number of fused-ring (bicyclic) bond motifs is 1. The first-order valence-corrected chi connectivity index (χ1v) is 11.9. The number of aliphatic hydroxyl groups is 1. The van der Waals surface area contributed by atoms with Crippen molar-refractivity contribution in [3.8, 4) is 11.6 Å². The van der Waals surface area contributed by atoms with Gasteiger partial charge in [-0.3, -0.25) is 14.5 Å². The molecule has 1 fully saturated rings. The van der Waals surface area contributed by atoms with Crippen LogP contribution < -0.4 is 15.0 Å². The van der Waals surface area contributed by atoms with E-state index in [0.717, 1.165) is 16.6 Å². The lowest BCUT2D eigenvalue weighted by Gasteiger charge is -2.37. The quantitative estimate of drug-likeness (QED) is 0.353. The van der Waals surface area contributed by atoms with Crippen molar-refractivity contribution in [2.75, 3.05) is 30.5 Å². The van der Waals surface area contributed by atoms with Crippen molar-refractivity contribution in [2.24, 2.45) is 0 Å². The van der Waals surface area contributed by atoms with E-state index < -0.39 is 23.5 Å². The molecule has 1 saturated heterocycles. The fourth-order valence-electron chi connectivity index (χ4n) is 4.22. The summed E-state index contributed by atoms with van der Waals surface area (Å²) < 4.78 is 12.3.